The van der Waals surface area contributed by atoms with Crippen LogP contribution in [0.5, 0.6) is 5.75 Å². The van der Waals surface area contributed by atoms with Gasteiger partial charge in [0.1, 0.15) is 11.6 Å². The Morgan fingerprint density at radius 1 is 1.06 bits per heavy atom. The first-order chi connectivity index (χ1) is 7.56. The molecule has 0 unspecified atom stereocenters. The third-order valence-electron chi connectivity index (χ3n) is 2.37. The van der Waals surface area contributed by atoms with Gasteiger partial charge in [-0.1, -0.05) is 22.0 Å². The number of rotatable bonds is 1. The van der Waals surface area contributed by atoms with E-state index >= 15 is 0 Å². The van der Waals surface area contributed by atoms with Gasteiger partial charge < -0.3 is 5.11 Å². The molecule has 0 fully saturated rings. The SMILES string of the molecule is Cc1cc(-c2cc(O)cc(Br)c2)ccc1F. The molecule has 0 saturated heterocycles. The number of benzene rings is 2. The van der Waals surface area contributed by atoms with E-state index in [9.17, 15) is 9.50 Å². The molecule has 0 atom stereocenters. The van der Waals surface area contributed by atoms with Crippen LogP contribution in [0.25, 0.3) is 11.1 Å². The maximum atomic E-state index is 13.1. The average Bonchev–Trinajstić information content (AvgIpc) is 2.20. The van der Waals surface area contributed by atoms with E-state index in [1.165, 1.54) is 6.07 Å². The van der Waals surface area contributed by atoms with Crippen LogP contribution < -0.4 is 0 Å². The fourth-order valence-electron chi connectivity index (χ4n) is 1.57. The second kappa shape index (κ2) is 4.26. The molecule has 0 aliphatic heterocycles. The highest BCUT2D eigenvalue weighted by molar-refractivity contribution is 9.10. The lowest BCUT2D eigenvalue weighted by Gasteiger charge is -2.05. The van der Waals surface area contributed by atoms with Gasteiger partial charge in [0.2, 0.25) is 0 Å². The number of hydrogen-bond donors (Lipinski definition) is 1. The van der Waals surface area contributed by atoms with Crippen molar-refractivity contribution in [1.82, 2.24) is 0 Å². The molecule has 0 aliphatic carbocycles. The molecule has 0 saturated carbocycles. The van der Waals surface area contributed by atoms with Crippen LogP contribution >= 0.6 is 15.9 Å². The molecule has 0 radical (unpaired) electrons. The van der Waals surface area contributed by atoms with Gasteiger partial charge in [-0.3, -0.25) is 0 Å². The number of aromatic hydroxyl groups is 1. The molecule has 0 aromatic heterocycles. The Bertz CT molecular complexity index is 517. The van der Waals surface area contributed by atoms with Crippen molar-refractivity contribution in [2.75, 3.05) is 0 Å². The standard InChI is InChI=1S/C13H10BrFO/c1-8-4-9(2-3-13(8)15)10-5-11(14)7-12(16)6-10/h2-7,16H,1H3. The molecule has 16 heavy (non-hydrogen) atoms. The third kappa shape index (κ3) is 2.25. The second-order valence-electron chi connectivity index (χ2n) is 3.66. The summed E-state index contributed by atoms with van der Waals surface area (Å²) in [5.41, 5.74) is 2.34. The molecule has 2 aromatic rings. The van der Waals surface area contributed by atoms with E-state index in [2.05, 4.69) is 15.9 Å². The average molecular weight is 281 g/mol. The Kier molecular flexibility index (Phi) is 2.97. The molecule has 82 valence electrons. The Hall–Kier alpha value is -1.35. The van der Waals surface area contributed by atoms with Crippen molar-refractivity contribution in [2.24, 2.45) is 0 Å². The summed E-state index contributed by atoms with van der Waals surface area (Å²) < 4.78 is 13.9. The summed E-state index contributed by atoms with van der Waals surface area (Å²) in [6.07, 6.45) is 0. The van der Waals surface area contributed by atoms with Crippen LogP contribution in [-0.4, -0.2) is 5.11 Å². The zero-order chi connectivity index (χ0) is 11.7. The largest absolute Gasteiger partial charge is 0.508 e. The van der Waals surface area contributed by atoms with Crippen LogP contribution in [0.2, 0.25) is 0 Å². The molecule has 0 amide bonds. The van der Waals surface area contributed by atoms with Crippen molar-refractivity contribution in [3.8, 4) is 16.9 Å². The zero-order valence-electron chi connectivity index (χ0n) is 8.67. The molecular formula is C13H10BrFO. The van der Waals surface area contributed by atoms with Crippen LogP contribution in [0.3, 0.4) is 0 Å². The minimum atomic E-state index is -0.219. The third-order valence-corrected chi connectivity index (χ3v) is 2.83. The van der Waals surface area contributed by atoms with Gasteiger partial charge in [0, 0.05) is 4.47 Å². The van der Waals surface area contributed by atoms with E-state index in [-0.39, 0.29) is 11.6 Å². The molecule has 0 bridgehead atoms. The van der Waals surface area contributed by atoms with E-state index < -0.39 is 0 Å². The van der Waals surface area contributed by atoms with Crippen LogP contribution in [0.4, 0.5) is 4.39 Å². The van der Waals surface area contributed by atoms with E-state index in [0.717, 1.165) is 15.6 Å². The first-order valence-electron chi connectivity index (χ1n) is 4.82. The molecule has 3 heteroatoms. The monoisotopic (exact) mass is 280 g/mol. The molecule has 1 N–H and O–H groups in total. The van der Waals surface area contributed by atoms with Gasteiger partial charge in [-0.15, -0.1) is 0 Å². The predicted octanol–water partition coefficient (Wildman–Crippen LogP) is 4.27. The highest BCUT2D eigenvalue weighted by atomic mass is 79.9. The van der Waals surface area contributed by atoms with Crippen molar-refractivity contribution >= 4 is 15.9 Å². The van der Waals surface area contributed by atoms with Crippen molar-refractivity contribution in [2.45, 2.75) is 6.92 Å². The molecule has 0 heterocycles. The Morgan fingerprint density at radius 3 is 2.44 bits per heavy atom. The first-order valence-corrected chi connectivity index (χ1v) is 5.61. The number of hydrogen-bond acceptors (Lipinski definition) is 1. The van der Waals surface area contributed by atoms with E-state index in [0.29, 0.717) is 5.56 Å². The minimum absolute atomic E-state index is 0.186. The van der Waals surface area contributed by atoms with E-state index in [1.54, 1.807) is 31.2 Å². The summed E-state index contributed by atoms with van der Waals surface area (Å²) in [5, 5.41) is 9.48. The summed E-state index contributed by atoms with van der Waals surface area (Å²) in [7, 11) is 0. The quantitative estimate of drug-likeness (QED) is 0.827. The fraction of sp³-hybridized carbons (Fsp3) is 0.0769. The molecule has 0 spiro atoms. The maximum absolute atomic E-state index is 13.1. The van der Waals surface area contributed by atoms with Crippen molar-refractivity contribution in [3.63, 3.8) is 0 Å². The van der Waals surface area contributed by atoms with Gasteiger partial charge in [-0.05, 0) is 53.9 Å². The molecule has 2 rings (SSSR count). The maximum Gasteiger partial charge on any atom is 0.126 e. The van der Waals surface area contributed by atoms with Gasteiger partial charge >= 0.3 is 0 Å². The van der Waals surface area contributed by atoms with Crippen LogP contribution in [0, 0.1) is 12.7 Å². The summed E-state index contributed by atoms with van der Waals surface area (Å²) >= 11 is 3.31. The summed E-state index contributed by atoms with van der Waals surface area (Å²) in [6, 6.07) is 10.0. The summed E-state index contributed by atoms with van der Waals surface area (Å²) in [6.45, 7) is 1.72. The Labute approximate surface area is 102 Å². The van der Waals surface area contributed by atoms with Gasteiger partial charge in [-0.2, -0.15) is 0 Å². The molecule has 0 aliphatic rings. The predicted molar refractivity (Wildman–Crippen MR) is 65.9 cm³/mol. The van der Waals surface area contributed by atoms with Gasteiger partial charge in [0.15, 0.2) is 0 Å². The van der Waals surface area contributed by atoms with Gasteiger partial charge in [-0.25, -0.2) is 4.39 Å². The van der Waals surface area contributed by atoms with Crippen LogP contribution in [-0.2, 0) is 0 Å². The lowest BCUT2D eigenvalue weighted by Crippen LogP contribution is -1.84. The smallest absolute Gasteiger partial charge is 0.126 e. The van der Waals surface area contributed by atoms with Crippen molar-refractivity contribution in [1.29, 1.82) is 0 Å². The summed E-state index contributed by atoms with van der Waals surface area (Å²) in [4.78, 5) is 0. The highest BCUT2D eigenvalue weighted by Gasteiger charge is 2.04. The van der Waals surface area contributed by atoms with Crippen LogP contribution in [0.15, 0.2) is 40.9 Å². The number of phenolic OH excluding ortho intramolecular Hbond substituents is 1. The highest BCUT2D eigenvalue weighted by Crippen LogP contribution is 2.28. The molecular weight excluding hydrogens is 271 g/mol. The number of phenols is 1. The fourth-order valence-corrected chi connectivity index (χ4v) is 2.05. The van der Waals surface area contributed by atoms with E-state index in [1.807, 2.05) is 6.07 Å². The number of halogens is 2. The molecule has 1 nitrogen and oxygen atoms in total. The lowest BCUT2D eigenvalue weighted by molar-refractivity contribution is 0.475. The lowest BCUT2D eigenvalue weighted by atomic mass is 10.0. The molecule has 2 aromatic carbocycles. The van der Waals surface area contributed by atoms with Gasteiger partial charge in [0.25, 0.3) is 0 Å². The van der Waals surface area contributed by atoms with Crippen LogP contribution in [0.1, 0.15) is 5.56 Å². The second-order valence-corrected chi connectivity index (χ2v) is 4.58. The number of aryl methyl sites for hydroxylation is 1. The first kappa shape index (κ1) is 11.1. The zero-order valence-corrected chi connectivity index (χ0v) is 10.3. The topological polar surface area (TPSA) is 20.2 Å². The van der Waals surface area contributed by atoms with Crippen molar-refractivity contribution in [3.05, 3.63) is 52.3 Å². The Morgan fingerprint density at radius 2 is 1.81 bits per heavy atom. The normalized spacial score (nSPS) is 10.4. The van der Waals surface area contributed by atoms with Crippen molar-refractivity contribution < 1.29 is 9.50 Å². The summed E-state index contributed by atoms with van der Waals surface area (Å²) in [5.74, 6) is -0.0330. The Balaban J connectivity index is 2.54. The van der Waals surface area contributed by atoms with Gasteiger partial charge in [0.05, 0.1) is 0 Å². The van der Waals surface area contributed by atoms with E-state index in [4.69, 9.17) is 0 Å². The minimum Gasteiger partial charge on any atom is -0.508 e.